The Kier molecular flexibility index (Phi) is 4.99. The first-order valence-electron chi connectivity index (χ1n) is 5.54. The average Bonchev–Trinajstić information content (AvgIpc) is 2.28. The van der Waals surface area contributed by atoms with Crippen molar-refractivity contribution in [3.63, 3.8) is 0 Å². The first-order chi connectivity index (χ1) is 7.69. The van der Waals surface area contributed by atoms with Crippen molar-refractivity contribution in [3.05, 3.63) is 35.4 Å². The molecule has 0 heterocycles. The summed E-state index contributed by atoms with van der Waals surface area (Å²) in [6, 6.07) is 7.66. The van der Waals surface area contributed by atoms with Crippen LogP contribution in [0.1, 0.15) is 29.3 Å². The Morgan fingerprint density at radius 3 is 2.69 bits per heavy atom. The number of aryl methyl sites for hydroxylation is 1. The van der Waals surface area contributed by atoms with Crippen molar-refractivity contribution in [2.75, 3.05) is 13.7 Å². The topological polar surface area (TPSA) is 38.3 Å². The highest BCUT2D eigenvalue weighted by atomic mass is 16.5. The maximum atomic E-state index is 11.9. The van der Waals surface area contributed by atoms with Gasteiger partial charge in [0.15, 0.2) is 0 Å². The fourth-order valence-electron chi connectivity index (χ4n) is 1.55. The van der Waals surface area contributed by atoms with E-state index in [1.807, 2.05) is 38.1 Å². The number of amides is 1. The summed E-state index contributed by atoms with van der Waals surface area (Å²) in [6.45, 7) is 4.52. The highest BCUT2D eigenvalue weighted by Crippen LogP contribution is 2.07. The fraction of sp³-hybridized carbons (Fsp3) is 0.462. The van der Waals surface area contributed by atoms with Gasteiger partial charge >= 0.3 is 0 Å². The Balaban J connectivity index is 2.68. The van der Waals surface area contributed by atoms with Crippen molar-refractivity contribution < 1.29 is 9.53 Å². The summed E-state index contributed by atoms with van der Waals surface area (Å²) in [5.41, 5.74) is 1.73. The van der Waals surface area contributed by atoms with Gasteiger partial charge < -0.3 is 10.1 Å². The standard InChI is InChI=1S/C13H19NO2/c1-4-11(9-16-3)14-13(15)12-8-6-5-7-10(12)2/h5-8,11H,4,9H2,1-3H3,(H,14,15). The Morgan fingerprint density at radius 2 is 2.12 bits per heavy atom. The largest absolute Gasteiger partial charge is 0.383 e. The van der Waals surface area contributed by atoms with Crippen molar-refractivity contribution in [2.24, 2.45) is 0 Å². The molecule has 0 aromatic heterocycles. The molecule has 0 spiro atoms. The predicted octanol–water partition coefficient (Wildman–Crippen LogP) is 2.15. The number of carbonyl (C=O) groups is 1. The molecule has 0 saturated heterocycles. The number of ether oxygens (including phenoxy) is 1. The van der Waals surface area contributed by atoms with Gasteiger partial charge in [-0.15, -0.1) is 0 Å². The van der Waals surface area contributed by atoms with Crippen molar-refractivity contribution in [1.82, 2.24) is 5.32 Å². The number of methoxy groups -OCH3 is 1. The number of hydrogen-bond donors (Lipinski definition) is 1. The lowest BCUT2D eigenvalue weighted by molar-refractivity contribution is 0.0894. The van der Waals surface area contributed by atoms with Gasteiger partial charge in [-0.2, -0.15) is 0 Å². The predicted molar refractivity (Wildman–Crippen MR) is 64.6 cm³/mol. The molecule has 0 fully saturated rings. The zero-order valence-electron chi connectivity index (χ0n) is 10.1. The summed E-state index contributed by atoms with van der Waals surface area (Å²) in [5.74, 6) is -0.0259. The average molecular weight is 221 g/mol. The highest BCUT2D eigenvalue weighted by Gasteiger charge is 2.12. The van der Waals surface area contributed by atoms with Gasteiger partial charge in [-0.25, -0.2) is 0 Å². The monoisotopic (exact) mass is 221 g/mol. The van der Waals surface area contributed by atoms with Gasteiger partial charge in [0.2, 0.25) is 0 Å². The number of carbonyl (C=O) groups excluding carboxylic acids is 1. The first kappa shape index (κ1) is 12.7. The van der Waals surface area contributed by atoms with E-state index in [-0.39, 0.29) is 11.9 Å². The fourth-order valence-corrected chi connectivity index (χ4v) is 1.55. The Labute approximate surface area is 96.8 Å². The molecule has 0 bridgehead atoms. The molecule has 0 aliphatic carbocycles. The number of nitrogens with one attached hydrogen (secondary N) is 1. The van der Waals surface area contributed by atoms with Crippen LogP contribution in [0.25, 0.3) is 0 Å². The van der Waals surface area contributed by atoms with Crippen LogP contribution in [0.15, 0.2) is 24.3 Å². The van der Waals surface area contributed by atoms with Gasteiger partial charge in [-0.1, -0.05) is 25.1 Å². The third kappa shape index (κ3) is 3.35. The molecule has 1 N–H and O–H groups in total. The van der Waals surface area contributed by atoms with Crippen LogP contribution in [0.3, 0.4) is 0 Å². The molecule has 1 aromatic rings. The molecular formula is C13H19NO2. The van der Waals surface area contributed by atoms with E-state index in [1.165, 1.54) is 0 Å². The second-order valence-corrected chi connectivity index (χ2v) is 3.85. The van der Waals surface area contributed by atoms with E-state index in [1.54, 1.807) is 7.11 Å². The molecular weight excluding hydrogens is 202 g/mol. The van der Waals surface area contributed by atoms with Crippen LogP contribution in [-0.2, 0) is 4.74 Å². The quantitative estimate of drug-likeness (QED) is 0.827. The smallest absolute Gasteiger partial charge is 0.251 e. The Bertz CT molecular complexity index is 350. The SMILES string of the molecule is CCC(COC)NC(=O)c1ccccc1C. The summed E-state index contributed by atoms with van der Waals surface area (Å²) >= 11 is 0. The van der Waals surface area contributed by atoms with Crippen molar-refractivity contribution in [2.45, 2.75) is 26.3 Å². The van der Waals surface area contributed by atoms with Crippen LogP contribution in [0, 0.1) is 6.92 Å². The highest BCUT2D eigenvalue weighted by molar-refractivity contribution is 5.95. The zero-order chi connectivity index (χ0) is 12.0. The molecule has 16 heavy (non-hydrogen) atoms. The van der Waals surface area contributed by atoms with E-state index < -0.39 is 0 Å². The number of rotatable bonds is 5. The van der Waals surface area contributed by atoms with Crippen molar-refractivity contribution >= 4 is 5.91 Å². The van der Waals surface area contributed by atoms with Crippen molar-refractivity contribution in [3.8, 4) is 0 Å². The third-order valence-corrected chi connectivity index (χ3v) is 2.59. The summed E-state index contributed by atoms with van der Waals surface area (Å²) in [4.78, 5) is 11.9. The van der Waals surface area contributed by atoms with E-state index in [0.29, 0.717) is 6.61 Å². The lowest BCUT2D eigenvalue weighted by Gasteiger charge is -2.16. The molecule has 1 unspecified atom stereocenters. The zero-order valence-corrected chi connectivity index (χ0v) is 10.1. The molecule has 0 aliphatic heterocycles. The Hall–Kier alpha value is -1.35. The molecule has 88 valence electrons. The molecule has 3 nitrogen and oxygen atoms in total. The van der Waals surface area contributed by atoms with Gasteiger partial charge in [0.1, 0.15) is 0 Å². The molecule has 0 radical (unpaired) electrons. The minimum absolute atomic E-state index is 0.0259. The second-order valence-electron chi connectivity index (χ2n) is 3.85. The molecule has 0 saturated carbocycles. The molecule has 1 aromatic carbocycles. The van der Waals surface area contributed by atoms with E-state index in [2.05, 4.69) is 5.32 Å². The summed E-state index contributed by atoms with van der Waals surface area (Å²) in [5, 5.41) is 2.96. The summed E-state index contributed by atoms with van der Waals surface area (Å²) in [7, 11) is 1.64. The van der Waals surface area contributed by atoms with Crippen LogP contribution >= 0.6 is 0 Å². The van der Waals surface area contributed by atoms with Gasteiger partial charge in [-0.05, 0) is 25.0 Å². The van der Waals surface area contributed by atoms with Gasteiger partial charge in [0.05, 0.1) is 12.6 Å². The first-order valence-corrected chi connectivity index (χ1v) is 5.54. The molecule has 1 atom stereocenters. The van der Waals surface area contributed by atoms with E-state index in [4.69, 9.17) is 4.74 Å². The molecule has 0 aliphatic rings. The second kappa shape index (κ2) is 6.28. The maximum Gasteiger partial charge on any atom is 0.251 e. The van der Waals surface area contributed by atoms with Gasteiger partial charge in [-0.3, -0.25) is 4.79 Å². The normalized spacial score (nSPS) is 12.2. The number of benzene rings is 1. The lowest BCUT2D eigenvalue weighted by Crippen LogP contribution is -2.37. The van der Waals surface area contributed by atoms with E-state index in [9.17, 15) is 4.79 Å². The summed E-state index contributed by atoms with van der Waals surface area (Å²) in [6.07, 6.45) is 0.867. The van der Waals surface area contributed by atoms with E-state index >= 15 is 0 Å². The van der Waals surface area contributed by atoms with Crippen LogP contribution in [0.2, 0.25) is 0 Å². The maximum absolute atomic E-state index is 11.9. The Morgan fingerprint density at radius 1 is 1.44 bits per heavy atom. The molecule has 3 heteroatoms. The lowest BCUT2D eigenvalue weighted by atomic mass is 10.1. The number of hydrogen-bond acceptors (Lipinski definition) is 2. The molecule has 1 rings (SSSR count). The molecule has 1 amide bonds. The van der Waals surface area contributed by atoms with Gasteiger partial charge in [0.25, 0.3) is 5.91 Å². The summed E-state index contributed by atoms with van der Waals surface area (Å²) < 4.78 is 5.05. The minimum Gasteiger partial charge on any atom is -0.383 e. The van der Waals surface area contributed by atoms with Crippen LogP contribution in [-0.4, -0.2) is 25.7 Å². The van der Waals surface area contributed by atoms with Gasteiger partial charge in [0, 0.05) is 12.7 Å². The third-order valence-electron chi connectivity index (χ3n) is 2.59. The van der Waals surface area contributed by atoms with Crippen molar-refractivity contribution in [1.29, 1.82) is 0 Å². The minimum atomic E-state index is -0.0259. The van der Waals surface area contributed by atoms with Crippen LogP contribution < -0.4 is 5.32 Å². The van der Waals surface area contributed by atoms with Crippen LogP contribution in [0.5, 0.6) is 0 Å². The van der Waals surface area contributed by atoms with Crippen LogP contribution in [0.4, 0.5) is 0 Å². The van der Waals surface area contributed by atoms with E-state index in [0.717, 1.165) is 17.5 Å².